The molecule has 5 nitrogen and oxygen atoms in total. The van der Waals surface area contributed by atoms with E-state index in [0.717, 1.165) is 17.1 Å². The molecule has 1 heterocycles. The number of nitrogens with one attached hydrogen (secondary N) is 1. The fourth-order valence-electron chi connectivity index (χ4n) is 1.73. The van der Waals surface area contributed by atoms with Gasteiger partial charge in [0.2, 0.25) is 5.91 Å². The fourth-order valence-corrected chi connectivity index (χ4v) is 1.73. The molecule has 0 aliphatic rings. The SMILES string of the molecule is CCOCC(=O)NCCC(O)c1cc(C)oc1C. The Morgan fingerprint density at radius 3 is 2.83 bits per heavy atom. The molecule has 18 heavy (non-hydrogen) atoms. The normalized spacial score (nSPS) is 12.4. The van der Waals surface area contributed by atoms with Crippen LogP contribution in [0.15, 0.2) is 10.5 Å². The molecule has 1 rings (SSSR count). The van der Waals surface area contributed by atoms with Gasteiger partial charge in [0.15, 0.2) is 0 Å². The van der Waals surface area contributed by atoms with Crippen LogP contribution in [0.3, 0.4) is 0 Å². The Hall–Kier alpha value is -1.33. The maximum absolute atomic E-state index is 11.3. The molecule has 0 spiro atoms. The topological polar surface area (TPSA) is 71.7 Å². The summed E-state index contributed by atoms with van der Waals surface area (Å²) in [6, 6.07) is 1.82. The molecule has 0 saturated carbocycles. The van der Waals surface area contributed by atoms with Gasteiger partial charge >= 0.3 is 0 Å². The van der Waals surface area contributed by atoms with Gasteiger partial charge in [-0.15, -0.1) is 0 Å². The maximum Gasteiger partial charge on any atom is 0.245 e. The van der Waals surface area contributed by atoms with E-state index < -0.39 is 6.10 Å². The molecular formula is C13H21NO4. The number of hydrogen-bond donors (Lipinski definition) is 2. The molecule has 0 saturated heterocycles. The lowest BCUT2D eigenvalue weighted by Gasteiger charge is -2.10. The smallest absolute Gasteiger partial charge is 0.245 e. The largest absolute Gasteiger partial charge is 0.466 e. The third-order valence-corrected chi connectivity index (χ3v) is 2.62. The van der Waals surface area contributed by atoms with E-state index in [1.807, 2.05) is 26.8 Å². The van der Waals surface area contributed by atoms with Gasteiger partial charge in [0.05, 0.1) is 6.10 Å². The van der Waals surface area contributed by atoms with Crippen LogP contribution in [0.25, 0.3) is 0 Å². The number of furan rings is 1. The van der Waals surface area contributed by atoms with Crippen LogP contribution in [-0.2, 0) is 9.53 Å². The number of aliphatic hydroxyl groups excluding tert-OH is 1. The molecule has 2 N–H and O–H groups in total. The van der Waals surface area contributed by atoms with E-state index >= 15 is 0 Å². The predicted octanol–water partition coefficient (Wildman–Crippen LogP) is 1.47. The quantitative estimate of drug-likeness (QED) is 0.774. The average molecular weight is 255 g/mol. The first-order chi connectivity index (χ1) is 8.54. The fraction of sp³-hybridized carbons (Fsp3) is 0.615. The van der Waals surface area contributed by atoms with Crippen LogP contribution in [-0.4, -0.2) is 30.8 Å². The summed E-state index contributed by atoms with van der Waals surface area (Å²) in [5, 5.41) is 12.7. The minimum absolute atomic E-state index is 0.0659. The molecule has 0 radical (unpaired) electrons. The highest BCUT2D eigenvalue weighted by Crippen LogP contribution is 2.23. The summed E-state index contributed by atoms with van der Waals surface area (Å²) in [4.78, 5) is 11.3. The van der Waals surface area contributed by atoms with Gasteiger partial charge in [-0.3, -0.25) is 4.79 Å². The van der Waals surface area contributed by atoms with Crippen LogP contribution in [0, 0.1) is 13.8 Å². The molecule has 1 atom stereocenters. The summed E-state index contributed by atoms with van der Waals surface area (Å²) in [7, 11) is 0. The first-order valence-corrected chi connectivity index (χ1v) is 6.14. The number of hydrogen-bond acceptors (Lipinski definition) is 4. The predicted molar refractivity (Wildman–Crippen MR) is 67.3 cm³/mol. The van der Waals surface area contributed by atoms with Crippen LogP contribution < -0.4 is 5.32 Å². The first-order valence-electron chi connectivity index (χ1n) is 6.14. The van der Waals surface area contributed by atoms with Crippen molar-refractivity contribution < 1.29 is 19.1 Å². The Balaban J connectivity index is 2.31. The van der Waals surface area contributed by atoms with Crippen LogP contribution in [0.5, 0.6) is 0 Å². The molecule has 0 aromatic carbocycles. The monoisotopic (exact) mass is 255 g/mol. The molecule has 1 aromatic heterocycles. The molecular weight excluding hydrogens is 234 g/mol. The van der Waals surface area contributed by atoms with Crippen LogP contribution >= 0.6 is 0 Å². The van der Waals surface area contributed by atoms with Crippen molar-refractivity contribution in [2.45, 2.75) is 33.3 Å². The van der Waals surface area contributed by atoms with Crippen LogP contribution in [0.1, 0.15) is 36.5 Å². The van der Waals surface area contributed by atoms with Crippen LogP contribution in [0.2, 0.25) is 0 Å². The van der Waals surface area contributed by atoms with Crippen molar-refractivity contribution in [2.24, 2.45) is 0 Å². The number of aliphatic hydroxyl groups is 1. The van der Waals surface area contributed by atoms with E-state index in [1.54, 1.807) is 0 Å². The number of aryl methyl sites for hydroxylation is 2. The molecule has 0 bridgehead atoms. The van der Waals surface area contributed by atoms with Crippen molar-refractivity contribution in [3.8, 4) is 0 Å². The lowest BCUT2D eigenvalue weighted by atomic mass is 10.1. The summed E-state index contributed by atoms with van der Waals surface area (Å²) in [6.45, 7) is 6.49. The van der Waals surface area contributed by atoms with Gasteiger partial charge in [0.25, 0.3) is 0 Å². The molecule has 5 heteroatoms. The minimum Gasteiger partial charge on any atom is -0.466 e. The molecule has 0 fully saturated rings. The Morgan fingerprint density at radius 1 is 1.56 bits per heavy atom. The summed E-state index contributed by atoms with van der Waals surface area (Å²) in [6.07, 6.45) is -0.160. The summed E-state index contributed by atoms with van der Waals surface area (Å²) in [5.74, 6) is 1.34. The standard InChI is InChI=1S/C13H21NO4/c1-4-17-8-13(16)14-6-5-12(15)11-7-9(2)18-10(11)3/h7,12,15H,4-6,8H2,1-3H3,(H,14,16). The number of carbonyl (C=O) groups excluding carboxylic acids is 1. The Kier molecular flexibility index (Phi) is 5.88. The zero-order chi connectivity index (χ0) is 13.5. The number of rotatable bonds is 7. The molecule has 1 unspecified atom stereocenters. The Bertz CT molecular complexity index is 386. The van der Waals surface area contributed by atoms with Crippen molar-refractivity contribution in [1.29, 1.82) is 0 Å². The van der Waals surface area contributed by atoms with E-state index in [4.69, 9.17) is 9.15 Å². The van der Waals surface area contributed by atoms with E-state index in [0.29, 0.717) is 19.6 Å². The molecule has 0 aliphatic carbocycles. The maximum atomic E-state index is 11.3. The molecule has 1 amide bonds. The zero-order valence-electron chi connectivity index (χ0n) is 11.2. The van der Waals surface area contributed by atoms with E-state index in [9.17, 15) is 9.90 Å². The van der Waals surface area contributed by atoms with Gasteiger partial charge in [0, 0.05) is 18.7 Å². The highest BCUT2D eigenvalue weighted by atomic mass is 16.5. The van der Waals surface area contributed by atoms with Crippen molar-refractivity contribution >= 4 is 5.91 Å². The summed E-state index contributed by atoms with van der Waals surface area (Å²) < 4.78 is 10.3. The zero-order valence-corrected chi connectivity index (χ0v) is 11.2. The molecule has 0 aliphatic heterocycles. The first kappa shape index (κ1) is 14.7. The van der Waals surface area contributed by atoms with Gasteiger partial charge < -0.3 is 19.6 Å². The van der Waals surface area contributed by atoms with E-state index in [2.05, 4.69) is 5.32 Å². The third-order valence-electron chi connectivity index (χ3n) is 2.62. The van der Waals surface area contributed by atoms with Gasteiger partial charge in [0.1, 0.15) is 18.1 Å². The highest BCUT2D eigenvalue weighted by molar-refractivity contribution is 5.77. The molecule has 1 aromatic rings. The average Bonchev–Trinajstić information content (AvgIpc) is 2.65. The number of carbonyl (C=O) groups is 1. The van der Waals surface area contributed by atoms with Crippen molar-refractivity contribution in [2.75, 3.05) is 19.8 Å². The third kappa shape index (κ3) is 4.50. The van der Waals surface area contributed by atoms with Gasteiger partial charge in [-0.05, 0) is 33.3 Å². The Labute approximate surface area is 107 Å². The van der Waals surface area contributed by atoms with Crippen molar-refractivity contribution in [3.05, 3.63) is 23.2 Å². The second kappa shape index (κ2) is 7.18. The lowest BCUT2D eigenvalue weighted by Crippen LogP contribution is -2.29. The second-order valence-electron chi connectivity index (χ2n) is 4.16. The number of amides is 1. The van der Waals surface area contributed by atoms with E-state index in [-0.39, 0.29) is 12.5 Å². The molecule has 102 valence electrons. The minimum atomic E-state index is -0.616. The number of ether oxygens (including phenoxy) is 1. The highest BCUT2D eigenvalue weighted by Gasteiger charge is 2.14. The van der Waals surface area contributed by atoms with Crippen molar-refractivity contribution in [1.82, 2.24) is 5.32 Å². The van der Waals surface area contributed by atoms with E-state index in [1.165, 1.54) is 0 Å². The Morgan fingerprint density at radius 2 is 2.28 bits per heavy atom. The van der Waals surface area contributed by atoms with Gasteiger partial charge in [-0.1, -0.05) is 0 Å². The lowest BCUT2D eigenvalue weighted by molar-refractivity contribution is -0.125. The van der Waals surface area contributed by atoms with Crippen molar-refractivity contribution in [3.63, 3.8) is 0 Å². The van der Waals surface area contributed by atoms with Gasteiger partial charge in [-0.25, -0.2) is 0 Å². The van der Waals surface area contributed by atoms with Crippen LogP contribution in [0.4, 0.5) is 0 Å². The summed E-state index contributed by atoms with van der Waals surface area (Å²) >= 11 is 0. The van der Waals surface area contributed by atoms with Gasteiger partial charge in [-0.2, -0.15) is 0 Å². The summed E-state index contributed by atoms with van der Waals surface area (Å²) in [5.41, 5.74) is 0.784. The second-order valence-corrected chi connectivity index (χ2v) is 4.16.